The lowest BCUT2D eigenvalue weighted by molar-refractivity contribution is -0.136. The van der Waals surface area contributed by atoms with E-state index in [4.69, 9.17) is 15.5 Å². The van der Waals surface area contributed by atoms with Crippen LogP contribution in [0.2, 0.25) is 0 Å². The standard InChI is InChI=1S/C32H35N5O4S/c1-20-31(42-32(33)34-20)27-11-7-22-17-23(8-10-26(22)35-27)30-25(21-5-3-2-4-6-21)18-24(9-12-29(39)40)37(30)19-28(38)36-13-15-41-16-14-36/h7-12,17-18,21H,2-6,13-16,19H2,1H3,(H2,33,34)(H,39,40). The second kappa shape index (κ2) is 12.1. The second-order valence-electron chi connectivity index (χ2n) is 11.0. The molecule has 9 nitrogen and oxygen atoms in total. The Balaban J connectivity index is 1.46. The molecule has 3 aromatic heterocycles. The molecule has 0 bridgehead atoms. The Labute approximate surface area is 248 Å². The molecule has 0 unspecified atom stereocenters. The normalized spacial score (nSPS) is 16.5. The molecule has 1 aliphatic heterocycles. The summed E-state index contributed by atoms with van der Waals surface area (Å²) in [6, 6.07) is 12.4. The molecule has 1 saturated carbocycles. The molecular weight excluding hydrogens is 550 g/mol. The fourth-order valence-corrected chi connectivity index (χ4v) is 7.01. The summed E-state index contributed by atoms with van der Waals surface area (Å²) in [6.07, 6.45) is 8.46. The SMILES string of the molecule is Cc1nc(N)sc1-c1ccc2cc(-c3c(C4CCCCC4)cc(C=CC(=O)O)n3CC(=O)N3CCOCC3)ccc2n1. The summed E-state index contributed by atoms with van der Waals surface area (Å²) in [4.78, 5) is 37.1. The largest absolute Gasteiger partial charge is 0.478 e. The van der Waals surface area contributed by atoms with Gasteiger partial charge in [0, 0.05) is 30.2 Å². The van der Waals surface area contributed by atoms with E-state index in [0.29, 0.717) is 37.4 Å². The molecule has 4 heterocycles. The van der Waals surface area contributed by atoms with E-state index in [9.17, 15) is 14.7 Å². The molecule has 218 valence electrons. The van der Waals surface area contributed by atoms with Gasteiger partial charge in [-0.15, -0.1) is 0 Å². The highest BCUT2D eigenvalue weighted by Gasteiger charge is 2.27. The van der Waals surface area contributed by atoms with E-state index in [1.807, 2.05) is 28.5 Å². The number of morpholine rings is 1. The van der Waals surface area contributed by atoms with E-state index in [0.717, 1.165) is 75.9 Å². The summed E-state index contributed by atoms with van der Waals surface area (Å²) in [6.45, 7) is 4.23. The smallest absolute Gasteiger partial charge is 0.328 e. The maximum absolute atomic E-state index is 13.5. The van der Waals surface area contributed by atoms with Crippen molar-refractivity contribution < 1.29 is 19.4 Å². The number of carbonyl (C=O) groups excluding carboxylic acids is 1. The molecule has 1 aromatic carbocycles. The van der Waals surface area contributed by atoms with E-state index in [1.54, 1.807) is 6.08 Å². The van der Waals surface area contributed by atoms with Gasteiger partial charge in [0.1, 0.15) is 6.54 Å². The van der Waals surface area contributed by atoms with Crippen molar-refractivity contribution in [3.63, 3.8) is 0 Å². The molecule has 0 radical (unpaired) electrons. The summed E-state index contributed by atoms with van der Waals surface area (Å²) in [7, 11) is 0. The molecule has 2 aliphatic rings. The first-order valence-corrected chi connectivity index (χ1v) is 15.3. The van der Waals surface area contributed by atoms with Crippen LogP contribution in [0.1, 0.15) is 55.0 Å². The number of nitrogens with zero attached hydrogens (tertiary/aromatic N) is 4. The van der Waals surface area contributed by atoms with Crippen molar-refractivity contribution in [2.24, 2.45) is 0 Å². The molecule has 1 aliphatic carbocycles. The van der Waals surface area contributed by atoms with Crippen LogP contribution >= 0.6 is 11.3 Å². The lowest BCUT2D eigenvalue weighted by atomic mass is 9.83. The molecular formula is C32H35N5O4S. The number of fused-ring (bicyclic) bond motifs is 1. The van der Waals surface area contributed by atoms with Crippen LogP contribution in [0, 0.1) is 6.92 Å². The van der Waals surface area contributed by atoms with Crippen LogP contribution in [0.4, 0.5) is 5.13 Å². The predicted molar refractivity (Wildman–Crippen MR) is 165 cm³/mol. The molecule has 0 atom stereocenters. The number of carboxylic acids is 1. The number of benzene rings is 1. The fourth-order valence-electron chi connectivity index (χ4n) is 6.21. The molecule has 2 fully saturated rings. The highest BCUT2D eigenvalue weighted by Crippen LogP contribution is 2.41. The van der Waals surface area contributed by atoms with Crippen LogP contribution in [0.15, 0.2) is 42.5 Å². The van der Waals surface area contributed by atoms with E-state index < -0.39 is 5.97 Å². The Kier molecular flexibility index (Phi) is 8.08. The van der Waals surface area contributed by atoms with Crippen LogP contribution in [0.5, 0.6) is 0 Å². The molecule has 42 heavy (non-hydrogen) atoms. The lowest BCUT2D eigenvalue weighted by Gasteiger charge is -2.28. The minimum Gasteiger partial charge on any atom is -0.478 e. The van der Waals surface area contributed by atoms with Crippen molar-refractivity contribution in [1.29, 1.82) is 0 Å². The van der Waals surface area contributed by atoms with Gasteiger partial charge in [-0.2, -0.15) is 0 Å². The van der Waals surface area contributed by atoms with Crippen molar-refractivity contribution in [2.75, 3.05) is 32.0 Å². The Bertz CT molecular complexity index is 1660. The molecule has 0 spiro atoms. The number of aromatic nitrogens is 3. The number of hydrogen-bond acceptors (Lipinski definition) is 7. The number of thiazole rings is 1. The first-order valence-electron chi connectivity index (χ1n) is 14.5. The second-order valence-corrected chi connectivity index (χ2v) is 12.1. The number of ether oxygens (including phenoxy) is 1. The van der Waals surface area contributed by atoms with Gasteiger partial charge in [-0.1, -0.05) is 42.7 Å². The number of rotatable bonds is 7. The molecule has 4 aromatic rings. The quantitative estimate of drug-likeness (QED) is 0.266. The minimum absolute atomic E-state index is 0.00150. The number of aryl methyl sites for hydroxylation is 1. The number of pyridine rings is 1. The average molecular weight is 586 g/mol. The fraction of sp³-hybridized carbons (Fsp3) is 0.375. The summed E-state index contributed by atoms with van der Waals surface area (Å²) in [5.74, 6) is -0.670. The number of aliphatic carboxylic acids is 1. The van der Waals surface area contributed by atoms with Crippen molar-refractivity contribution in [1.82, 2.24) is 19.4 Å². The van der Waals surface area contributed by atoms with Crippen LogP contribution in [-0.2, 0) is 20.9 Å². The summed E-state index contributed by atoms with van der Waals surface area (Å²) < 4.78 is 7.47. The highest BCUT2D eigenvalue weighted by atomic mass is 32.1. The number of carboxylic acid groups (broad SMARTS) is 1. The van der Waals surface area contributed by atoms with E-state index in [2.05, 4.69) is 29.2 Å². The number of nitrogen functional groups attached to an aromatic ring is 1. The molecule has 3 N–H and O–H groups in total. The zero-order valence-corrected chi connectivity index (χ0v) is 24.5. The summed E-state index contributed by atoms with van der Waals surface area (Å²) in [5, 5.41) is 10.9. The number of nitrogens with two attached hydrogens (primary N) is 1. The minimum atomic E-state index is -1.02. The first-order chi connectivity index (χ1) is 20.4. The van der Waals surface area contributed by atoms with Gasteiger partial charge < -0.3 is 25.0 Å². The maximum atomic E-state index is 13.5. The van der Waals surface area contributed by atoms with Crippen LogP contribution in [-0.4, -0.2) is 62.7 Å². The maximum Gasteiger partial charge on any atom is 0.328 e. The van der Waals surface area contributed by atoms with Crippen LogP contribution < -0.4 is 5.73 Å². The summed E-state index contributed by atoms with van der Waals surface area (Å²) in [5.41, 5.74) is 12.4. The topological polar surface area (TPSA) is 124 Å². The Hall–Kier alpha value is -4.02. The Morgan fingerprint density at radius 3 is 2.60 bits per heavy atom. The van der Waals surface area contributed by atoms with Gasteiger partial charge in [-0.25, -0.2) is 14.8 Å². The van der Waals surface area contributed by atoms with Gasteiger partial charge in [0.2, 0.25) is 5.91 Å². The number of amides is 1. The number of carbonyl (C=O) groups is 2. The van der Waals surface area contributed by atoms with Gasteiger partial charge >= 0.3 is 5.97 Å². The number of anilines is 1. The Morgan fingerprint density at radius 1 is 1.10 bits per heavy atom. The molecule has 1 saturated heterocycles. The zero-order chi connectivity index (χ0) is 29.2. The van der Waals surface area contributed by atoms with E-state index in [1.165, 1.54) is 23.3 Å². The van der Waals surface area contributed by atoms with Gasteiger partial charge in [0.25, 0.3) is 0 Å². The van der Waals surface area contributed by atoms with Crippen LogP contribution in [0.25, 0.3) is 38.8 Å². The monoisotopic (exact) mass is 585 g/mol. The van der Waals surface area contributed by atoms with E-state index >= 15 is 0 Å². The van der Waals surface area contributed by atoms with Gasteiger partial charge in [-0.3, -0.25) is 4.79 Å². The third-order valence-corrected chi connectivity index (χ3v) is 9.27. The van der Waals surface area contributed by atoms with Crippen LogP contribution in [0.3, 0.4) is 0 Å². The van der Waals surface area contributed by atoms with Gasteiger partial charge in [-0.05, 0) is 67.2 Å². The van der Waals surface area contributed by atoms with Gasteiger partial charge in [0.15, 0.2) is 5.13 Å². The van der Waals surface area contributed by atoms with Crippen molar-refractivity contribution in [3.05, 3.63) is 59.4 Å². The summed E-state index contributed by atoms with van der Waals surface area (Å²) >= 11 is 1.43. The van der Waals surface area contributed by atoms with Crippen molar-refractivity contribution in [2.45, 2.75) is 51.5 Å². The molecule has 1 amide bonds. The third kappa shape index (κ3) is 5.82. The Morgan fingerprint density at radius 2 is 1.88 bits per heavy atom. The number of hydrogen-bond donors (Lipinski definition) is 2. The zero-order valence-electron chi connectivity index (χ0n) is 23.7. The van der Waals surface area contributed by atoms with Crippen molar-refractivity contribution in [3.8, 4) is 21.8 Å². The third-order valence-electron chi connectivity index (χ3n) is 8.27. The lowest BCUT2D eigenvalue weighted by Crippen LogP contribution is -2.42. The molecule has 10 heteroatoms. The molecule has 6 rings (SSSR count). The van der Waals surface area contributed by atoms with Gasteiger partial charge in [0.05, 0.1) is 40.7 Å². The van der Waals surface area contributed by atoms with E-state index in [-0.39, 0.29) is 12.5 Å². The average Bonchev–Trinajstić information content (AvgIpc) is 3.54. The predicted octanol–water partition coefficient (Wildman–Crippen LogP) is 5.72. The highest BCUT2D eigenvalue weighted by molar-refractivity contribution is 7.18. The van der Waals surface area contributed by atoms with Crippen molar-refractivity contribution >= 4 is 45.3 Å². The first kappa shape index (κ1) is 28.1.